The lowest BCUT2D eigenvalue weighted by Crippen LogP contribution is -2.23. The van der Waals surface area contributed by atoms with Crippen molar-refractivity contribution in [2.24, 2.45) is 5.41 Å². The van der Waals surface area contributed by atoms with Crippen molar-refractivity contribution >= 4 is 22.6 Å². The quantitative estimate of drug-likeness (QED) is 0.550. The van der Waals surface area contributed by atoms with Crippen molar-refractivity contribution < 1.29 is 15.0 Å². The molecule has 0 unspecified atom stereocenters. The van der Waals surface area contributed by atoms with Crippen LogP contribution in [0.2, 0.25) is 0 Å². The van der Waals surface area contributed by atoms with Gasteiger partial charge in [-0.3, -0.25) is 4.79 Å². The lowest BCUT2D eigenvalue weighted by molar-refractivity contribution is 0.101. The van der Waals surface area contributed by atoms with Crippen molar-refractivity contribution in [2.45, 2.75) is 73.1 Å². The summed E-state index contributed by atoms with van der Waals surface area (Å²) >= 11 is 0. The number of phenols is 2. The van der Waals surface area contributed by atoms with Gasteiger partial charge in [-0.25, -0.2) is 0 Å². The van der Waals surface area contributed by atoms with E-state index in [-0.39, 0.29) is 28.1 Å². The van der Waals surface area contributed by atoms with E-state index in [1.165, 1.54) is 0 Å². The van der Waals surface area contributed by atoms with Crippen LogP contribution >= 0.6 is 0 Å². The Morgan fingerprint density at radius 2 is 1.18 bits per heavy atom. The van der Waals surface area contributed by atoms with Gasteiger partial charge in [0.15, 0.2) is 5.78 Å². The molecule has 0 bridgehead atoms. The minimum atomic E-state index is -0.407. The molecule has 0 saturated carbocycles. The van der Waals surface area contributed by atoms with Gasteiger partial charge < -0.3 is 10.2 Å². The van der Waals surface area contributed by atoms with Crippen LogP contribution in [-0.4, -0.2) is 16.0 Å². The molecule has 0 saturated heterocycles. The number of hydrogen-bond acceptors (Lipinski definition) is 3. The molecule has 28 heavy (non-hydrogen) atoms. The zero-order valence-corrected chi connectivity index (χ0v) is 18.5. The number of hydrogen-bond donors (Lipinski definition) is 2. The Labute approximate surface area is 168 Å². The monoisotopic (exact) mass is 380 g/mol. The summed E-state index contributed by atoms with van der Waals surface area (Å²) in [5.41, 5.74) is 2.15. The second-order valence-corrected chi connectivity index (χ2v) is 11.1. The molecular formula is C25H32O3. The van der Waals surface area contributed by atoms with Crippen LogP contribution in [-0.2, 0) is 10.8 Å². The fourth-order valence-corrected chi connectivity index (χ4v) is 3.99. The summed E-state index contributed by atoms with van der Waals surface area (Å²) in [5.74, 6) is 0.0685. The molecule has 0 radical (unpaired) electrons. The second-order valence-electron chi connectivity index (χ2n) is 11.1. The minimum absolute atomic E-state index is 0.0315. The standard InChI is InChI=1S/C25H32O3/c1-23(2,3)15-10-13-11-16(24(4,5)6)21(27)19-18(13)14(20(15)26)12-17(22(19)28)25(7,8)9/h10-12,26-27H,1-9H3. The molecule has 0 aromatic heterocycles. The summed E-state index contributed by atoms with van der Waals surface area (Å²) in [4.78, 5) is 13.4. The van der Waals surface area contributed by atoms with E-state index in [1.54, 1.807) is 0 Å². The van der Waals surface area contributed by atoms with Crippen molar-refractivity contribution in [3.8, 4) is 11.5 Å². The predicted molar refractivity (Wildman–Crippen MR) is 116 cm³/mol. The predicted octanol–water partition coefficient (Wildman–Crippen LogP) is 6.47. The third-order valence-electron chi connectivity index (χ3n) is 5.59. The summed E-state index contributed by atoms with van der Waals surface area (Å²) in [5, 5.41) is 23.8. The zero-order chi connectivity index (χ0) is 21.4. The third kappa shape index (κ3) is 3.01. The molecule has 2 aromatic carbocycles. The molecule has 0 heterocycles. The molecule has 3 heteroatoms. The van der Waals surface area contributed by atoms with Crippen LogP contribution in [0.3, 0.4) is 0 Å². The van der Waals surface area contributed by atoms with E-state index in [1.807, 2.05) is 59.8 Å². The van der Waals surface area contributed by atoms with Gasteiger partial charge in [0.2, 0.25) is 0 Å². The summed E-state index contributed by atoms with van der Waals surface area (Å²) < 4.78 is 0. The first-order valence-electron chi connectivity index (χ1n) is 9.88. The Bertz CT molecular complexity index is 1030. The van der Waals surface area contributed by atoms with Crippen LogP contribution in [0.4, 0.5) is 0 Å². The number of ketones is 1. The molecule has 0 amide bonds. The smallest absolute Gasteiger partial charge is 0.193 e. The van der Waals surface area contributed by atoms with E-state index in [2.05, 4.69) is 20.8 Å². The maximum absolute atomic E-state index is 13.4. The lowest BCUT2D eigenvalue weighted by Gasteiger charge is -2.31. The number of carbonyl (C=O) groups excluding carboxylic acids is 1. The number of Topliss-reactive ketones (excluding diaryl/α,β-unsaturated/α-hetero) is 1. The largest absolute Gasteiger partial charge is 0.507 e. The van der Waals surface area contributed by atoms with E-state index >= 15 is 0 Å². The van der Waals surface area contributed by atoms with Gasteiger partial charge in [-0.2, -0.15) is 0 Å². The van der Waals surface area contributed by atoms with Crippen LogP contribution in [0, 0.1) is 5.41 Å². The average Bonchev–Trinajstić information content (AvgIpc) is 2.49. The van der Waals surface area contributed by atoms with E-state index < -0.39 is 5.41 Å². The van der Waals surface area contributed by atoms with Crippen LogP contribution in [0.5, 0.6) is 11.5 Å². The Morgan fingerprint density at radius 1 is 0.714 bits per heavy atom. The van der Waals surface area contributed by atoms with Crippen molar-refractivity contribution in [3.05, 3.63) is 40.0 Å². The van der Waals surface area contributed by atoms with Crippen molar-refractivity contribution in [1.82, 2.24) is 0 Å². The maximum Gasteiger partial charge on any atom is 0.193 e. The molecule has 2 N–H and O–H groups in total. The Morgan fingerprint density at radius 3 is 1.61 bits per heavy atom. The molecule has 2 aromatic rings. The summed E-state index contributed by atoms with van der Waals surface area (Å²) in [6, 6.07) is 3.94. The molecule has 3 rings (SSSR count). The van der Waals surface area contributed by atoms with E-state index in [0.29, 0.717) is 22.1 Å². The van der Waals surface area contributed by atoms with Gasteiger partial charge in [0.1, 0.15) is 11.5 Å². The van der Waals surface area contributed by atoms with Gasteiger partial charge in [0.05, 0.1) is 5.56 Å². The topological polar surface area (TPSA) is 57.5 Å². The zero-order valence-electron chi connectivity index (χ0n) is 18.5. The van der Waals surface area contributed by atoms with Gasteiger partial charge in [0.25, 0.3) is 0 Å². The van der Waals surface area contributed by atoms with Gasteiger partial charge in [-0.15, -0.1) is 0 Å². The highest BCUT2D eigenvalue weighted by molar-refractivity contribution is 6.25. The highest BCUT2D eigenvalue weighted by Gasteiger charge is 2.36. The number of rotatable bonds is 0. The summed E-state index contributed by atoms with van der Waals surface area (Å²) in [6.07, 6.45) is 1.82. The van der Waals surface area contributed by atoms with E-state index in [0.717, 1.165) is 16.5 Å². The number of phenolic OH excluding ortho intramolecular Hbond substituents is 2. The van der Waals surface area contributed by atoms with Gasteiger partial charge in [0, 0.05) is 27.6 Å². The molecule has 1 aliphatic rings. The van der Waals surface area contributed by atoms with Gasteiger partial charge in [-0.1, -0.05) is 62.3 Å². The number of carbonyl (C=O) groups is 1. The first-order chi connectivity index (χ1) is 12.5. The molecule has 0 aliphatic heterocycles. The van der Waals surface area contributed by atoms with E-state index in [9.17, 15) is 15.0 Å². The minimum Gasteiger partial charge on any atom is -0.507 e. The number of benzene rings is 2. The molecule has 0 spiro atoms. The Kier molecular flexibility index (Phi) is 4.27. The highest BCUT2D eigenvalue weighted by Crippen LogP contribution is 2.49. The first-order valence-corrected chi connectivity index (χ1v) is 9.88. The lowest BCUT2D eigenvalue weighted by atomic mass is 9.72. The van der Waals surface area contributed by atoms with Crippen LogP contribution in [0.25, 0.3) is 16.8 Å². The van der Waals surface area contributed by atoms with Crippen molar-refractivity contribution in [3.63, 3.8) is 0 Å². The number of aromatic hydroxyl groups is 2. The molecule has 0 atom stereocenters. The van der Waals surface area contributed by atoms with Crippen LogP contribution in [0.1, 0.15) is 89.4 Å². The number of allylic oxidation sites excluding steroid dienone is 1. The SMILES string of the molecule is CC(C)(C)C1=Cc2c(O)c(C(C)(C)C)cc3cc(C(C)(C)C)c(O)c(c23)C1=O. The normalized spacial score (nSPS) is 15.2. The molecule has 3 nitrogen and oxygen atoms in total. The van der Waals surface area contributed by atoms with Crippen molar-refractivity contribution in [1.29, 1.82) is 0 Å². The molecule has 0 fully saturated rings. The summed E-state index contributed by atoms with van der Waals surface area (Å²) in [6.45, 7) is 18.2. The average molecular weight is 381 g/mol. The molecule has 150 valence electrons. The summed E-state index contributed by atoms with van der Waals surface area (Å²) in [7, 11) is 0. The fraction of sp³-hybridized carbons (Fsp3) is 0.480. The first kappa shape index (κ1) is 20.4. The van der Waals surface area contributed by atoms with Crippen LogP contribution in [0.15, 0.2) is 17.7 Å². The Balaban J connectivity index is 2.59. The van der Waals surface area contributed by atoms with E-state index in [4.69, 9.17) is 0 Å². The molecule has 1 aliphatic carbocycles. The van der Waals surface area contributed by atoms with Crippen LogP contribution < -0.4 is 0 Å². The Hall–Kier alpha value is -2.29. The van der Waals surface area contributed by atoms with Gasteiger partial charge >= 0.3 is 0 Å². The molecular weight excluding hydrogens is 348 g/mol. The third-order valence-corrected chi connectivity index (χ3v) is 5.59. The fourth-order valence-electron chi connectivity index (χ4n) is 3.99. The second kappa shape index (κ2) is 5.85. The van der Waals surface area contributed by atoms with Gasteiger partial charge in [-0.05, 0) is 39.8 Å². The highest BCUT2D eigenvalue weighted by atomic mass is 16.3. The van der Waals surface area contributed by atoms with Crippen molar-refractivity contribution in [2.75, 3.05) is 0 Å². The maximum atomic E-state index is 13.4.